The summed E-state index contributed by atoms with van der Waals surface area (Å²) in [6.07, 6.45) is 0.0483. The first kappa shape index (κ1) is 20.4. The van der Waals surface area contributed by atoms with Crippen molar-refractivity contribution in [1.29, 1.82) is 0 Å². The van der Waals surface area contributed by atoms with Crippen LogP contribution >= 0.6 is 0 Å². The van der Waals surface area contributed by atoms with Crippen molar-refractivity contribution in [3.05, 3.63) is 46.3 Å². The average Bonchev–Trinajstić information content (AvgIpc) is 3.20. The first-order valence-electron chi connectivity index (χ1n) is 9.86. The largest absolute Gasteiger partial charge is 0.435 e. The van der Waals surface area contributed by atoms with Crippen LogP contribution in [0.25, 0.3) is 5.69 Å². The van der Waals surface area contributed by atoms with Gasteiger partial charge in [0.15, 0.2) is 5.69 Å². The molecule has 2 aliphatic carbocycles. The Morgan fingerprint density at radius 1 is 1.21 bits per heavy atom. The number of primary sulfonamides is 1. The zero-order valence-corrected chi connectivity index (χ0v) is 17.0. The summed E-state index contributed by atoms with van der Waals surface area (Å²) >= 11 is 0. The quantitative estimate of drug-likeness (QED) is 0.811. The maximum atomic E-state index is 13.5. The lowest BCUT2D eigenvalue weighted by molar-refractivity contribution is -0.142. The van der Waals surface area contributed by atoms with Crippen LogP contribution in [-0.2, 0) is 41.9 Å². The number of halogens is 3. The number of hydrogen-bond donors (Lipinski definition) is 1. The van der Waals surface area contributed by atoms with E-state index in [-0.39, 0.29) is 5.92 Å². The van der Waals surface area contributed by atoms with Gasteiger partial charge in [-0.1, -0.05) is 6.07 Å². The summed E-state index contributed by atoms with van der Waals surface area (Å²) in [6.45, 7) is 1.61. The Morgan fingerprint density at radius 2 is 1.90 bits per heavy atom. The molecule has 0 amide bonds. The second kappa shape index (κ2) is 7.12. The van der Waals surface area contributed by atoms with E-state index < -0.39 is 27.1 Å². The fourth-order valence-corrected chi connectivity index (χ4v) is 5.18. The van der Waals surface area contributed by atoms with Crippen molar-refractivity contribution in [3.63, 3.8) is 0 Å². The molecule has 1 heterocycles. The molecule has 1 unspecified atom stereocenters. The summed E-state index contributed by atoms with van der Waals surface area (Å²) in [4.78, 5) is 0. The van der Waals surface area contributed by atoms with Crippen molar-refractivity contribution in [3.8, 4) is 5.69 Å². The number of alkyl halides is 3. The Labute approximate surface area is 168 Å². The summed E-state index contributed by atoms with van der Waals surface area (Å²) < 4.78 is 64.9. The first-order valence-corrected chi connectivity index (χ1v) is 11.5. The van der Waals surface area contributed by atoms with E-state index in [9.17, 15) is 21.6 Å². The van der Waals surface area contributed by atoms with E-state index in [1.54, 1.807) is 6.92 Å². The molecule has 0 radical (unpaired) electrons. The van der Waals surface area contributed by atoms with Crippen LogP contribution in [0.3, 0.4) is 0 Å². The first-order chi connectivity index (χ1) is 13.5. The van der Waals surface area contributed by atoms with Crippen molar-refractivity contribution < 1.29 is 21.6 Å². The van der Waals surface area contributed by atoms with Crippen molar-refractivity contribution in [2.75, 3.05) is 0 Å². The molecule has 1 aromatic heterocycles. The van der Waals surface area contributed by atoms with Gasteiger partial charge in [0.25, 0.3) is 0 Å². The van der Waals surface area contributed by atoms with Crippen LogP contribution in [0.5, 0.6) is 0 Å². The van der Waals surface area contributed by atoms with Gasteiger partial charge in [-0.05, 0) is 81.0 Å². The second-order valence-corrected chi connectivity index (χ2v) is 10.2. The molecule has 0 spiro atoms. The summed E-state index contributed by atoms with van der Waals surface area (Å²) in [6, 6.07) is 5.64. The molecule has 0 bridgehead atoms. The van der Waals surface area contributed by atoms with Gasteiger partial charge < -0.3 is 0 Å². The highest BCUT2D eigenvalue weighted by atomic mass is 32.2. The van der Waals surface area contributed by atoms with Crippen LogP contribution in [0, 0.1) is 5.92 Å². The number of nitrogens with zero attached hydrogens (tertiary/aromatic N) is 2. The van der Waals surface area contributed by atoms with Gasteiger partial charge in [0, 0.05) is 11.3 Å². The normalized spacial score (nSPS) is 20.4. The molecule has 0 saturated heterocycles. The third kappa shape index (κ3) is 3.94. The van der Waals surface area contributed by atoms with Gasteiger partial charge in [-0.2, -0.15) is 18.3 Å². The molecule has 5 nitrogen and oxygen atoms in total. The van der Waals surface area contributed by atoms with Crippen LogP contribution in [0.1, 0.15) is 54.3 Å². The highest BCUT2D eigenvalue weighted by Gasteiger charge is 2.39. The van der Waals surface area contributed by atoms with Gasteiger partial charge in [0.2, 0.25) is 10.0 Å². The summed E-state index contributed by atoms with van der Waals surface area (Å²) in [5.41, 5.74) is 3.00. The molecule has 0 fully saturated rings. The topological polar surface area (TPSA) is 78.0 Å². The lowest BCUT2D eigenvalue weighted by Gasteiger charge is -2.15. The van der Waals surface area contributed by atoms with E-state index in [1.165, 1.54) is 4.68 Å². The number of benzene rings is 1. The molecule has 2 N–H and O–H groups in total. The van der Waals surface area contributed by atoms with Crippen molar-refractivity contribution in [2.45, 2.75) is 63.3 Å². The van der Waals surface area contributed by atoms with Gasteiger partial charge in [0.05, 0.1) is 10.9 Å². The highest BCUT2D eigenvalue weighted by molar-refractivity contribution is 7.89. The molecule has 9 heteroatoms. The van der Waals surface area contributed by atoms with Gasteiger partial charge in [0.1, 0.15) is 0 Å². The Balaban J connectivity index is 1.64. The summed E-state index contributed by atoms with van der Waals surface area (Å²) in [5, 5.41) is 8.57. The molecular formula is C20H24F3N3O2S. The van der Waals surface area contributed by atoms with E-state index in [2.05, 4.69) is 5.10 Å². The van der Waals surface area contributed by atoms with Crippen LogP contribution in [0.2, 0.25) is 0 Å². The Kier molecular flexibility index (Phi) is 5.01. The van der Waals surface area contributed by atoms with E-state index in [1.807, 2.05) is 18.2 Å². The zero-order valence-electron chi connectivity index (χ0n) is 16.2. The van der Waals surface area contributed by atoms with Crippen molar-refractivity contribution in [1.82, 2.24) is 9.78 Å². The SMILES string of the molecule is CC(C[C@H]1Cc2ccc(-n3nc(C(F)(F)F)c4c3CCCC4)cc2C1)S(N)(=O)=O. The Hall–Kier alpha value is -1.87. The summed E-state index contributed by atoms with van der Waals surface area (Å²) in [7, 11) is -3.57. The fourth-order valence-electron chi connectivity index (χ4n) is 4.64. The van der Waals surface area contributed by atoms with Crippen LogP contribution in [-0.4, -0.2) is 23.4 Å². The molecule has 1 aromatic carbocycles. The maximum Gasteiger partial charge on any atom is 0.435 e. The zero-order chi connectivity index (χ0) is 21.0. The number of sulfonamides is 1. The smallest absolute Gasteiger partial charge is 0.237 e. The van der Waals surface area contributed by atoms with Gasteiger partial charge in [-0.15, -0.1) is 0 Å². The van der Waals surface area contributed by atoms with Crippen LogP contribution in [0.4, 0.5) is 13.2 Å². The Bertz CT molecular complexity index is 1040. The molecular weight excluding hydrogens is 403 g/mol. The van der Waals surface area contributed by atoms with E-state index in [4.69, 9.17) is 5.14 Å². The standard InChI is InChI=1S/C20H24F3N3O2S/c1-12(29(24,27)28)8-13-9-14-6-7-16(11-15(14)10-13)26-18-5-3-2-4-17(18)19(25-26)20(21,22)23/h6-7,11-13H,2-5,8-10H2,1H3,(H2,24,27,28)/t12?,13-/m0/s1. The molecule has 29 heavy (non-hydrogen) atoms. The monoisotopic (exact) mass is 427 g/mol. The number of nitrogens with two attached hydrogens (primary N) is 1. The lowest BCUT2D eigenvalue weighted by atomic mass is 9.95. The number of aromatic nitrogens is 2. The lowest BCUT2D eigenvalue weighted by Crippen LogP contribution is -2.28. The third-order valence-corrected chi connectivity index (χ3v) is 7.44. The molecule has 0 aliphatic heterocycles. The van der Waals surface area contributed by atoms with Crippen LogP contribution < -0.4 is 5.14 Å². The predicted octanol–water partition coefficient (Wildman–Crippen LogP) is 3.55. The predicted molar refractivity (Wildman–Crippen MR) is 103 cm³/mol. The minimum absolute atomic E-state index is 0.158. The number of rotatable bonds is 4. The molecule has 2 aromatic rings. The van der Waals surface area contributed by atoms with Crippen molar-refractivity contribution >= 4 is 10.0 Å². The van der Waals surface area contributed by atoms with Crippen molar-refractivity contribution in [2.24, 2.45) is 11.1 Å². The van der Waals surface area contributed by atoms with E-state index >= 15 is 0 Å². The molecule has 2 aliphatic rings. The van der Waals surface area contributed by atoms with Gasteiger partial charge in [-0.3, -0.25) is 0 Å². The van der Waals surface area contributed by atoms with Crippen LogP contribution in [0.15, 0.2) is 18.2 Å². The minimum Gasteiger partial charge on any atom is -0.237 e. The van der Waals surface area contributed by atoms with E-state index in [0.717, 1.165) is 30.4 Å². The molecule has 2 atom stereocenters. The molecule has 158 valence electrons. The second-order valence-electron chi connectivity index (χ2n) is 8.25. The van der Waals surface area contributed by atoms with Gasteiger partial charge >= 0.3 is 6.18 Å². The third-order valence-electron chi connectivity index (χ3n) is 6.13. The maximum absolute atomic E-state index is 13.5. The molecule has 4 rings (SSSR count). The molecule has 0 saturated carbocycles. The fraction of sp³-hybridized carbons (Fsp3) is 0.550. The van der Waals surface area contributed by atoms with E-state index in [0.29, 0.717) is 42.6 Å². The Morgan fingerprint density at radius 3 is 2.59 bits per heavy atom. The highest BCUT2D eigenvalue weighted by Crippen LogP contribution is 2.38. The van der Waals surface area contributed by atoms with Gasteiger partial charge in [-0.25, -0.2) is 18.2 Å². The number of hydrogen-bond acceptors (Lipinski definition) is 3. The summed E-state index contributed by atoms with van der Waals surface area (Å²) in [5.74, 6) is 0.158. The number of fused-ring (bicyclic) bond motifs is 2. The average molecular weight is 427 g/mol. The minimum atomic E-state index is -4.46.